The lowest BCUT2D eigenvalue weighted by atomic mass is 10.2. The van der Waals surface area contributed by atoms with Crippen LogP contribution in [0.15, 0.2) is 30.5 Å². The van der Waals surface area contributed by atoms with Crippen LogP contribution in [0.5, 0.6) is 0 Å². The molecular weight excluding hydrogens is 232 g/mol. The zero-order valence-corrected chi connectivity index (χ0v) is 8.42. The average molecular weight is 239 g/mol. The van der Waals surface area contributed by atoms with Crippen molar-refractivity contribution in [2.45, 2.75) is 6.43 Å². The first-order chi connectivity index (χ1) is 8.08. The van der Waals surface area contributed by atoms with Gasteiger partial charge in [0.15, 0.2) is 0 Å². The van der Waals surface area contributed by atoms with Crippen molar-refractivity contribution in [1.29, 1.82) is 0 Å². The van der Waals surface area contributed by atoms with Crippen LogP contribution in [-0.4, -0.2) is 26.1 Å². The molecule has 17 heavy (non-hydrogen) atoms. The van der Waals surface area contributed by atoms with E-state index in [4.69, 9.17) is 5.11 Å². The van der Waals surface area contributed by atoms with Gasteiger partial charge in [-0.15, -0.1) is 5.10 Å². The fraction of sp³-hybridized carbons (Fsp3) is 0.100. The van der Waals surface area contributed by atoms with E-state index in [0.29, 0.717) is 5.69 Å². The summed E-state index contributed by atoms with van der Waals surface area (Å²) in [5.74, 6) is -1.06. The van der Waals surface area contributed by atoms with E-state index in [1.807, 2.05) is 0 Å². The number of nitrogens with zero attached hydrogens (tertiary/aromatic N) is 3. The summed E-state index contributed by atoms with van der Waals surface area (Å²) in [6.45, 7) is 0. The maximum absolute atomic E-state index is 12.3. The molecule has 0 unspecified atom stereocenters. The molecule has 2 rings (SSSR count). The molecule has 0 radical (unpaired) electrons. The van der Waals surface area contributed by atoms with Crippen LogP contribution in [0.4, 0.5) is 8.78 Å². The molecule has 1 N–H and O–H groups in total. The first-order valence-corrected chi connectivity index (χ1v) is 4.62. The second-order valence-corrected chi connectivity index (χ2v) is 3.21. The van der Waals surface area contributed by atoms with Crippen molar-refractivity contribution < 1.29 is 18.7 Å². The molecule has 0 saturated carbocycles. The van der Waals surface area contributed by atoms with E-state index < -0.39 is 18.1 Å². The molecule has 0 bridgehead atoms. The van der Waals surface area contributed by atoms with Crippen molar-refractivity contribution >= 4 is 5.97 Å². The number of alkyl halides is 2. The molecule has 0 aliphatic carbocycles. The van der Waals surface area contributed by atoms with Gasteiger partial charge in [0.1, 0.15) is 5.69 Å². The van der Waals surface area contributed by atoms with Crippen LogP contribution in [0.1, 0.15) is 22.5 Å². The smallest absolute Gasteiger partial charge is 0.335 e. The van der Waals surface area contributed by atoms with E-state index in [9.17, 15) is 13.6 Å². The van der Waals surface area contributed by atoms with Gasteiger partial charge in [-0.25, -0.2) is 13.6 Å². The van der Waals surface area contributed by atoms with Crippen LogP contribution >= 0.6 is 0 Å². The molecule has 0 aliphatic heterocycles. The topological polar surface area (TPSA) is 68.0 Å². The van der Waals surface area contributed by atoms with Gasteiger partial charge in [-0.05, 0) is 24.3 Å². The maximum atomic E-state index is 12.3. The monoisotopic (exact) mass is 239 g/mol. The number of hydrogen-bond acceptors (Lipinski definition) is 3. The van der Waals surface area contributed by atoms with Crippen LogP contribution < -0.4 is 0 Å². The van der Waals surface area contributed by atoms with Crippen molar-refractivity contribution in [3.63, 3.8) is 0 Å². The summed E-state index contributed by atoms with van der Waals surface area (Å²) in [5, 5.41) is 15.9. The molecule has 7 heteroatoms. The van der Waals surface area contributed by atoms with E-state index in [1.54, 1.807) is 0 Å². The second kappa shape index (κ2) is 4.28. The van der Waals surface area contributed by atoms with Crippen LogP contribution in [-0.2, 0) is 0 Å². The number of aromatic nitrogens is 3. The Morgan fingerprint density at radius 3 is 2.41 bits per heavy atom. The molecule has 0 amide bonds. The molecule has 1 heterocycles. The van der Waals surface area contributed by atoms with Gasteiger partial charge < -0.3 is 5.11 Å². The molecule has 1 aromatic heterocycles. The number of carboxylic acids is 1. The SMILES string of the molecule is O=C(O)c1ccc(-n2ncc(C(F)F)n2)cc1. The highest BCUT2D eigenvalue weighted by atomic mass is 19.3. The first-order valence-electron chi connectivity index (χ1n) is 4.62. The number of benzene rings is 1. The molecule has 88 valence electrons. The Hall–Kier alpha value is -2.31. The standard InChI is InChI=1S/C10H7F2N3O2/c11-9(12)8-5-13-15(14-8)7-3-1-6(2-4-7)10(16)17/h1-5,9H,(H,16,17). The molecular formula is C10H7F2N3O2. The van der Waals surface area contributed by atoms with Gasteiger partial charge in [0, 0.05) is 0 Å². The first kappa shape index (κ1) is 11.2. The maximum Gasteiger partial charge on any atom is 0.335 e. The highest BCUT2D eigenvalue weighted by Crippen LogP contribution is 2.16. The van der Waals surface area contributed by atoms with Crippen molar-refractivity contribution in [1.82, 2.24) is 15.0 Å². The predicted molar refractivity (Wildman–Crippen MR) is 53.3 cm³/mol. The molecule has 0 spiro atoms. The summed E-state index contributed by atoms with van der Waals surface area (Å²) < 4.78 is 24.5. The third kappa shape index (κ3) is 2.27. The Kier molecular flexibility index (Phi) is 2.82. The molecule has 0 fully saturated rings. The zero-order chi connectivity index (χ0) is 12.4. The normalized spacial score (nSPS) is 10.8. The van der Waals surface area contributed by atoms with Gasteiger partial charge in [-0.2, -0.15) is 9.90 Å². The lowest BCUT2D eigenvalue weighted by Gasteiger charge is -1.99. The Bertz CT molecular complexity index is 537. The lowest BCUT2D eigenvalue weighted by Crippen LogP contribution is -2.01. The van der Waals surface area contributed by atoms with E-state index in [0.717, 1.165) is 11.0 Å². The Morgan fingerprint density at radius 2 is 1.94 bits per heavy atom. The Labute approximate surface area is 94.3 Å². The summed E-state index contributed by atoms with van der Waals surface area (Å²) in [5.41, 5.74) is 0.101. The Morgan fingerprint density at radius 1 is 1.29 bits per heavy atom. The number of halogens is 2. The predicted octanol–water partition coefficient (Wildman–Crippen LogP) is 1.90. The molecule has 0 saturated heterocycles. The van der Waals surface area contributed by atoms with Crippen molar-refractivity contribution in [3.05, 3.63) is 41.7 Å². The zero-order valence-electron chi connectivity index (χ0n) is 8.42. The van der Waals surface area contributed by atoms with Crippen LogP contribution in [0.3, 0.4) is 0 Å². The fourth-order valence-electron chi connectivity index (χ4n) is 1.24. The van der Waals surface area contributed by atoms with Crippen LogP contribution in [0.2, 0.25) is 0 Å². The van der Waals surface area contributed by atoms with E-state index in [-0.39, 0.29) is 5.56 Å². The highest BCUT2D eigenvalue weighted by molar-refractivity contribution is 5.87. The third-order valence-electron chi connectivity index (χ3n) is 2.08. The Balaban J connectivity index is 2.30. The largest absolute Gasteiger partial charge is 0.478 e. The average Bonchev–Trinajstić information content (AvgIpc) is 2.78. The summed E-state index contributed by atoms with van der Waals surface area (Å²) in [6, 6.07) is 5.59. The molecule has 5 nitrogen and oxygen atoms in total. The summed E-state index contributed by atoms with van der Waals surface area (Å²) in [4.78, 5) is 11.6. The minimum Gasteiger partial charge on any atom is -0.478 e. The minimum atomic E-state index is -2.68. The van der Waals surface area contributed by atoms with Gasteiger partial charge in [0.25, 0.3) is 6.43 Å². The van der Waals surface area contributed by atoms with Crippen molar-refractivity contribution in [2.75, 3.05) is 0 Å². The lowest BCUT2D eigenvalue weighted by molar-refractivity contribution is 0.0697. The summed E-state index contributed by atoms with van der Waals surface area (Å²) in [7, 11) is 0. The molecule has 0 atom stereocenters. The summed E-state index contributed by atoms with van der Waals surface area (Å²) >= 11 is 0. The highest BCUT2D eigenvalue weighted by Gasteiger charge is 2.12. The molecule has 0 aliphatic rings. The van der Waals surface area contributed by atoms with Crippen molar-refractivity contribution in [2.24, 2.45) is 0 Å². The number of aromatic carboxylic acids is 1. The van der Waals surface area contributed by atoms with E-state index >= 15 is 0 Å². The van der Waals surface area contributed by atoms with Gasteiger partial charge in [0.05, 0.1) is 17.4 Å². The van der Waals surface area contributed by atoms with Gasteiger partial charge in [0.2, 0.25) is 0 Å². The number of hydrogen-bond donors (Lipinski definition) is 1. The third-order valence-corrected chi connectivity index (χ3v) is 2.08. The molecule has 2 aromatic rings. The second-order valence-electron chi connectivity index (χ2n) is 3.21. The number of carbonyl (C=O) groups is 1. The molecule has 1 aromatic carbocycles. The number of rotatable bonds is 3. The van der Waals surface area contributed by atoms with E-state index in [2.05, 4.69) is 10.2 Å². The van der Waals surface area contributed by atoms with Crippen molar-refractivity contribution in [3.8, 4) is 5.69 Å². The van der Waals surface area contributed by atoms with Crippen LogP contribution in [0.25, 0.3) is 5.69 Å². The van der Waals surface area contributed by atoms with Gasteiger partial charge >= 0.3 is 5.97 Å². The quantitative estimate of drug-likeness (QED) is 0.888. The van der Waals surface area contributed by atoms with Crippen LogP contribution in [0, 0.1) is 0 Å². The summed E-state index contributed by atoms with van der Waals surface area (Å²) in [6.07, 6.45) is -1.71. The number of carboxylic acid groups (broad SMARTS) is 1. The van der Waals surface area contributed by atoms with Gasteiger partial charge in [-0.3, -0.25) is 0 Å². The van der Waals surface area contributed by atoms with E-state index in [1.165, 1.54) is 24.3 Å². The fourth-order valence-corrected chi connectivity index (χ4v) is 1.24. The minimum absolute atomic E-state index is 0.106. The van der Waals surface area contributed by atoms with Gasteiger partial charge in [-0.1, -0.05) is 0 Å².